The van der Waals surface area contributed by atoms with Gasteiger partial charge in [0.15, 0.2) is 8.24 Å². The molecular weight excluding hydrogens is 412 g/mol. The predicted molar refractivity (Wildman–Crippen MR) is 126 cm³/mol. The van der Waals surface area contributed by atoms with E-state index < -0.39 is 8.24 Å². The Morgan fingerprint density at radius 2 is 1.52 bits per heavy atom. The third-order valence-corrected chi connectivity index (χ3v) is 14.4. The van der Waals surface area contributed by atoms with Crippen LogP contribution in [0.25, 0.3) is 10.9 Å². The van der Waals surface area contributed by atoms with Gasteiger partial charge in [0, 0.05) is 15.4 Å². The third kappa shape index (κ3) is 3.58. The summed E-state index contributed by atoms with van der Waals surface area (Å²) in [6.07, 6.45) is 5.16. The van der Waals surface area contributed by atoms with Crippen molar-refractivity contribution in [3.05, 3.63) is 34.4 Å². The number of halogens is 1. The maximum absolute atomic E-state index is 3.75. The van der Waals surface area contributed by atoms with Gasteiger partial charge in [0.2, 0.25) is 0 Å². The standard InChI is InChI=1S/C23H37BrN2Si/c1-16(2)27(17(3)4,18(5)6)26-15-22(19-10-12-25(7)13-11-19)21-9-8-20(24)14-23(21)26/h8-9,14-19H,10-13H2,1-7H3. The summed E-state index contributed by atoms with van der Waals surface area (Å²) in [7, 11) is 0.493. The molecule has 1 aromatic heterocycles. The maximum atomic E-state index is 3.75. The van der Waals surface area contributed by atoms with E-state index in [-0.39, 0.29) is 0 Å². The van der Waals surface area contributed by atoms with E-state index in [1.807, 2.05) is 0 Å². The van der Waals surface area contributed by atoms with Crippen LogP contribution in [0.2, 0.25) is 16.6 Å². The second kappa shape index (κ2) is 8.04. The van der Waals surface area contributed by atoms with Crippen LogP contribution in [0.5, 0.6) is 0 Å². The maximum Gasteiger partial charge on any atom is 0.169 e. The molecule has 0 spiro atoms. The van der Waals surface area contributed by atoms with Crippen molar-refractivity contribution in [2.24, 2.45) is 0 Å². The first-order chi connectivity index (χ1) is 12.7. The zero-order valence-electron chi connectivity index (χ0n) is 18.2. The van der Waals surface area contributed by atoms with E-state index in [2.05, 4.69) is 98.0 Å². The number of likely N-dealkylation sites (tertiary alicyclic amines) is 1. The monoisotopic (exact) mass is 448 g/mol. The lowest BCUT2D eigenvalue weighted by molar-refractivity contribution is 0.256. The van der Waals surface area contributed by atoms with Crippen LogP contribution in [0.1, 0.15) is 65.9 Å². The van der Waals surface area contributed by atoms with Gasteiger partial charge < -0.3 is 9.13 Å². The van der Waals surface area contributed by atoms with Crippen molar-refractivity contribution in [2.45, 2.75) is 76.9 Å². The smallest absolute Gasteiger partial charge is 0.169 e. The largest absolute Gasteiger partial charge is 0.373 e. The molecule has 0 radical (unpaired) electrons. The molecule has 2 nitrogen and oxygen atoms in total. The van der Waals surface area contributed by atoms with Gasteiger partial charge in [0.1, 0.15) is 0 Å². The Kier molecular flexibility index (Phi) is 6.29. The van der Waals surface area contributed by atoms with Gasteiger partial charge in [-0.2, -0.15) is 0 Å². The first kappa shape index (κ1) is 21.1. The van der Waals surface area contributed by atoms with E-state index in [1.165, 1.54) is 41.3 Å². The van der Waals surface area contributed by atoms with Crippen molar-refractivity contribution in [3.8, 4) is 0 Å². The van der Waals surface area contributed by atoms with Gasteiger partial charge in [-0.25, -0.2) is 0 Å². The van der Waals surface area contributed by atoms with Crippen LogP contribution in [-0.2, 0) is 0 Å². The lowest BCUT2D eigenvalue weighted by Gasteiger charge is -2.44. The molecular formula is C23H37BrN2Si. The Bertz CT molecular complexity index is 763. The van der Waals surface area contributed by atoms with Gasteiger partial charge in [0.05, 0.1) is 0 Å². The van der Waals surface area contributed by atoms with E-state index in [9.17, 15) is 0 Å². The predicted octanol–water partition coefficient (Wildman–Crippen LogP) is 7.24. The number of fused-ring (bicyclic) bond motifs is 1. The van der Waals surface area contributed by atoms with E-state index in [4.69, 9.17) is 0 Å². The normalized spacial score (nSPS) is 17.7. The average molecular weight is 450 g/mol. The van der Waals surface area contributed by atoms with E-state index in [0.29, 0.717) is 22.5 Å². The molecule has 0 N–H and O–H groups in total. The zero-order chi connectivity index (χ0) is 19.9. The molecule has 0 unspecified atom stereocenters. The quantitative estimate of drug-likeness (QED) is 0.437. The highest BCUT2D eigenvalue weighted by molar-refractivity contribution is 9.10. The minimum atomic E-state index is -1.76. The summed E-state index contributed by atoms with van der Waals surface area (Å²) >= 11 is 3.75. The molecule has 27 heavy (non-hydrogen) atoms. The molecule has 1 aliphatic rings. The Morgan fingerprint density at radius 1 is 0.963 bits per heavy atom. The molecule has 0 amide bonds. The number of benzene rings is 1. The first-order valence-electron chi connectivity index (χ1n) is 10.7. The molecule has 0 aliphatic carbocycles. The Hall–Kier alpha value is -0.583. The number of rotatable bonds is 5. The molecule has 150 valence electrons. The highest BCUT2D eigenvalue weighted by Crippen LogP contribution is 2.46. The van der Waals surface area contributed by atoms with Gasteiger partial charge in [-0.15, -0.1) is 0 Å². The highest BCUT2D eigenvalue weighted by atomic mass is 79.9. The molecule has 1 aliphatic heterocycles. The molecule has 1 saturated heterocycles. The van der Waals surface area contributed by atoms with Gasteiger partial charge in [-0.1, -0.05) is 63.5 Å². The number of piperidine rings is 1. The summed E-state index contributed by atoms with van der Waals surface area (Å²) in [6, 6.07) is 6.97. The fourth-order valence-electron chi connectivity index (χ4n) is 6.03. The molecule has 1 fully saturated rings. The van der Waals surface area contributed by atoms with Crippen molar-refractivity contribution in [2.75, 3.05) is 20.1 Å². The van der Waals surface area contributed by atoms with E-state index in [0.717, 1.165) is 0 Å². The number of nitrogens with zero attached hydrogens (tertiary/aromatic N) is 2. The van der Waals surface area contributed by atoms with Crippen LogP contribution >= 0.6 is 15.9 Å². The van der Waals surface area contributed by atoms with E-state index in [1.54, 1.807) is 5.56 Å². The number of aromatic nitrogens is 1. The SMILES string of the molecule is CC(C)[Si](C(C)C)(C(C)C)n1cc(C2CCN(C)CC2)c2ccc(Br)cc21. The lowest BCUT2D eigenvalue weighted by Crippen LogP contribution is -2.51. The zero-order valence-corrected chi connectivity index (χ0v) is 20.8. The van der Waals surface area contributed by atoms with Crippen LogP contribution in [0, 0.1) is 0 Å². The highest BCUT2D eigenvalue weighted by Gasteiger charge is 2.46. The molecule has 3 rings (SSSR count). The van der Waals surface area contributed by atoms with Crippen LogP contribution in [0.15, 0.2) is 28.9 Å². The van der Waals surface area contributed by atoms with Crippen molar-refractivity contribution >= 4 is 35.1 Å². The minimum Gasteiger partial charge on any atom is -0.373 e. The summed E-state index contributed by atoms with van der Waals surface area (Å²) in [5, 5.41) is 1.49. The molecule has 1 aromatic carbocycles. The molecule has 2 aromatic rings. The molecule has 0 atom stereocenters. The summed E-state index contributed by atoms with van der Waals surface area (Å²) in [4.78, 5) is 2.47. The third-order valence-electron chi connectivity index (χ3n) is 7.15. The van der Waals surface area contributed by atoms with Crippen molar-refractivity contribution in [3.63, 3.8) is 0 Å². The Morgan fingerprint density at radius 3 is 2.04 bits per heavy atom. The topological polar surface area (TPSA) is 8.17 Å². The van der Waals surface area contributed by atoms with Gasteiger partial charge in [-0.3, -0.25) is 0 Å². The van der Waals surface area contributed by atoms with Crippen LogP contribution < -0.4 is 0 Å². The van der Waals surface area contributed by atoms with Crippen molar-refractivity contribution in [1.82, 2.24) is 9.13 Å². The Balaban J connectivity index is 2.25. The molecule has 0 saturated carbocycles. The fourth-order valence-corrected chi connectivity index (χ4v) is 13.0. The van der Waals surface area contributed by atoms with Gasteiger partial charge >= 0.3 is 0 Å². The second-order valence-corrected chi connectivity index (χ2v) is 16.2. The summed E-state index contributed by atoms with van der Waals surface area (Å²) in [6.45, 7) is 17.2. The van der Waals surface area contributed by atoms with Crippen LogP contribution in [0.3, 0.4) is 0 Å². The van der Waals surface area contributed by atoms with Crippen molar-refractivity contribution < 1.29 is 0 Å². The van der Waals surface area contributed by atoms with E-state index >= 15 is 0 Å². The summed E-state index contributed by atoms with van der Waals surface area (Å²) < 4.78 is 4.00. The Labute approximate surface area is 175 Å². The molecule has 0 bridgehead atoms. The number of hydrogen-bond donors (Lipinski definition) is 0. The number of hydrogen-bond acceptors (Lipinski definition) is 1. The van der Waals surface area contributed by atoms with Gasteiger partial charge in [0.25, 0.3) is 0 Å². The van der Waals surface area contributed by atoms with Crippen molar-refractivity contribution in [1.29, 1.82) is 0 Å². The lowest BCUT2D eigenvalue weighted by atomic mass is 9.89. The summed E-state index contributed by atoms with van der Waals surface area (Å²) in [5.41, 5.74) is 5.18. The van der Waals surface area contributed by atoms with Gasteiger partial charge in [-0.05, 0) is 79.4 Å². The molecule has 4 heteroatoms. The average Bonchev–Trinajstić information content (AvgIpc) is 2.94. The molecule has 2 heterocycles. The van der Waals surface area contributed by atoms with Crippen LogP contribution in [0.4, 0.5) is 0 Å². The van der Waals surface area contributed by atoms with Crippen LogP contribution in [-0.4, -0.2) is 37.5 Å². The fraction of sp³-hybridized carbons (Fsp3) is 0.652. The first-order valence-corrected chi connectivity index (χ1v) is 13.7. The summed E-state index contributed by atoms with van der Waals surface area (Å²) in [5.74, 6) is 0.698. The minimum absolute atomic E-state index is 0.698. The second-order valence-electron chi connectivity index (χ2n) is 9.54.